The van der Waals surface area contributed by atoms with Gasteiger partial charge in [-0.05, 0) is 18.5 Å². The number of para-hydroxylation sites is 1. The number of carbonyl (C=O) groups is 1. The predicted octanol–water partition coefficient (Wildman–Crippen LogP) is 1.36. The average Bonchev–Trinajstić information content (AvgIpc) is 2.79. The lowest BCUT2D eigenvalue weighted by Crippen LogP contribution is -2.34. The number of amides is 2. The summed E-state index contributed by atoms with van der Waals surface area (Å²) in [5.74, 6) is 1.11. The molecule has 1 aromatic carbocycles. The Morgan fingerprint density at radius 1 is 1.53 bits per heavy atom. The second-order valence-electron chi connectivity index (χ2n) is 4.99. The lowest BCUT2D eigenvalue weighted by molar-refractivity contribution is 0.211. The van der Waals surface area contributed by atoms with Crippen LogP contribution in [0, 0.1) is 5.92 Å². The average molecular weight is 263 g/mol. The summed E-state index contributed by atoms with van der Waals surface area (Å²) in [6.45, 7) is 3.98. The summed E-state index contributed by atoms with van der Waals surface area (Å²) in [6.07, 6.45) is 0. The van der Waals surface area contributed by atoms with Crippen molar-refractivity contribution in [3.05, 3.63) is 29.8 Å². The van der Waals surface area contributed by atoms with Crippen LogP contribution in [0.5, 0.6) is 5.75 Å². The van der Waals surface area contributed by atoms with Crippen molar-refractivity contribution in [2.75, 3.05) is 26.7 Å². The summed E-state index contributed by atoms with van der Waals surface area (Å²) < 4.78 is 5.34. The molecule has 0 spiro atoms. The number of hydrogen-bond acceptors (Lipinski definition) is 3. The Morgan fingerprint density at radius 3 is 2.95 bits per heavy atom. The molecule has 1 aromatic rings. The molecule has 1 aliphatic heterocycles. The molecule has 0 aliphatic carbocycles. The van der Waals surface area contributed by atoms with Gasteiger partial charge in [0.15, 0.2) is 0 Å². The van der Waals surface area contributed by atoms with Crippen molar-refractivity contribution in [2.45, 2.75) is 13.0 Å². The third kappa shape index (κ3) is 2.98. The van der Waals surface area contributed by atoms with E-state index in [1.807, 2.05) is 36.1 Å². The predicted molar refractivity (Wildman–Crippen MR) is 74.1 cm³/mol. The third-order valence-corrected chi connectivity index (χ3v) is 3.44. The Balaban J connectivity index is 2.10. The first-order valence-electron chi connectivity index (χ1n) is 6.54. The largest absolute Gasteiger partial charge is 0.496 e. The van der Waals surface area contributed by atoms with Gasteiger partial charge in [-0.2, -0.15) is 0 Å². The first kappa shape index (κ1) is 13.7. The Morgan fingerprint density at radius 2 is 2.26 bits per heavy atom. The van der Waals surface area contributed by atoms with E-state index >= 15 is 0 Å². The number of hydrogen-bond donors (Lipinski definition) is 2. The van der Waals surface area contributed by atoms with Gasteiger partial charge in [0.1, 0.15) is 5.75 Å². The maximum absolute atomic E-state index is 11.9. The zero-order chi connectivity index (χ0) is 13.8. The van der Waals surface area contributed by atoms with Crippen molar-refractivity contribution in [2.24, 2.45) is 11.7 Å². The highest BCUT2D eigenvalue weighted by atomic mass is 16.5. The van der Waals surface area contributed by atoms with Gasteiger partial charge >= 0.3 is 6.03 Å². The first-order chi connectivity index (χ1) is 9.15. The van der Waals surface area contributed by atoms with Gasteiger partial charge in [0.25, 0.3) is 0 Å². The third-order valence-electron chi connectivity index (χ3n) is 3.44. The van der Waals surface area contributed by atoms with Crippen LogP contribution in [0.2, 0.25) is 0 Å². The van der Waals surface area contributed by atoms with Gasteiger partial charge < -0.3 is 20.7 Å². The zero-order valence-corrected chi connectivity index (χ0v) is 11.4. The van der Waals surface area contributed by atoms with Gasteiger partial charge in [0.2, 0.25) is 0 Å². The molecule has 1 fully saturated rings. The number of nitrogens with one attached hydrogen (secondary N) is 1. The van der Waals surface area contributed by atoms with Crippen molar-refractivity contribution in [1.29, 1.82) is 0 Å². The summed E-state index contributed by atoms with van der Waals surface area (Å²) in [4.78, 5) is 13.8. The molecule has 5 nitrogen and oxygen atoms in total. The Hall–Kier alpha value is -1.75. The van der Waals surface area contributed by atoms with E-state index < -0.39 is 0 Å². The molecule has 1 aliphatic rings. The van der Waals surface area contributed by atoms with E-state index in [-0.39, 0.29) is 12.1 Å². The number of carbonyl (C=O) groups excluding carboxylic acids is 1. The lowest BCUT2D eigenvalue weighted by atomic mass is 10.1. The molecular formula is C14H21N3O2. The maximum Gasteiger partial charge on any atom is 0.318 e. The summed E-state index contributed by atoms with van der Waals surface area (Å²) in [5.41, 5.74) is 6.62. The first-order valence-corrected chi connectivity index (χ1v) is 6.54. The SMILES string of the molecule is COc1ccccc1C1CN(CC(C)CN)C(=O)N1. The number of nitrogens with zero attached hydrogens (tertiary/aromatic N) is 1. The van der Waals surface area contributed by atoms with E-state index in [9.17, 15) is 4.79 Å². The minimum absolute atomic E-state index is 0.0198. The van der Waals surface area contributed by atoms with Crippen LogP contribution in [-0.4, -0.2) is 37.7 Å². The standard InChI is InChI=1S/C14H21N3O2/c1-10(7-15)8-17-9-12(16-14(17)18)11-5-3-4-6-13(11)19-2/h3-6,10,12H,7-9,15H2,1-2H3,(H,16,18). The Bertz CT molecular complexity index is 450. The van der Waals surface area contributed by atoms with E-state index in [0.29, 0.717) is 25.6 Å². The summed E-state index contributed by atoms with van der Waals surface area (Å²) in [5, 5.41) is 2.99. The highest BCUT2D eigenvalue weighted by molar-refractivity contribution is 5.77. The van der Waals surface area contributed by atoms with Crippen LogP contribution in [-0.2, 0) is 0 Å². The molecule has 0 bridgehead atoms. The molecule has 2 rings (SSSR count). The molecule has 1 heterocycles. The van der Waals surface area contributed by atoms with Crippen LogP contribution in [0.4, 0.5) is 4.79 Å². The quantitative estimate of drug-likeness (QED) is 0.842. The second-order valence-corrected chi connectivity index (χ2v) is 4.99. The van der Waals surface area contributed by atoms with Crippen LogP contribution in [0.15, 0.2) is 24.3 Å². The molecule has 104 valence electrons. The fraction of sp³-hybridized carbons (Fsp3) is 0.500. The monoisotopic (exact) mass is 263 g/mol. The number of rotatable bonds is 5. The molecule has 2 atom stereocenters. The molecule has 2 unspecified atom stereocenters. The second kappa shape index (κ2) is 5.93. The van der Waals surface area contributed by atoms with Gasteiger partial charge in [-0.1, -0.05) is 25.1 Å². The molecule has 0 saturated carbocycles. The molecule has 0 aromatic heterocycles. The van der Waals surface area contributed by atoms with Gasteiger partial charge in [-0.15, -0.1) is 0 Å². The molecule has 3 N–H and O–H groups in total. The van der Waals surface area contributed by atoms with E-state index in [0.717, 1.165) is 11.3 Å². The van der Waals surface area contributed by atoms with Crippen LogP contribution in [0.3, 0.4) is 0 Å². The minimum Gasteiger partial charge on any atom is -0.496 e. The number of benzene rings is 1. The number of nitrogens with two attached hydrogens (primary N) is 1. The Kier molecular flexibility index (Phi) is 4.27. The summed E-state index contributed by atoms with van der Waals surface area (Å²) in [7, 11) is 1.64. The van der Waals surface area contributed by atoms with Crippen LogP contribution >= 0.6 is 0 Å². The molecule has 1 saturated heterocycles. The number of ether oxygens (including phenoxy) is 1. The number of methoxy groups -OCH3 is 1. The molecular weight excluding hydrogens is 242 g/mol. The van der Waals surface area contributed by atoms with Gasteiger partial charge in [0.05, 0.1) is 13.2 Å². The van der Waals surface area contributed by atoms with Gasteiger partial charge in [-0.3, -0.25) is 0 Å². The lowest BCUT2D eigenvalue weighted by Gasteiger charge is -2.19. The highest BCUT2D eigenvalue weighted by Crippen LogP contribution is 2.28. The topological polar surface area (TPSA) is 67.6 Å². The normalized spacial score (nSPS) is 20.3. The van der Waals surface area contributed by atoms with Crippen molar-refractivity contribution in [1.82, 2.24) is 10.2 Å². The minimum atomic E-state index is -0.0313. The van der Waals surface area contributed by atoms with Gasteiger partial charge in [-0.25, -0.2) is 4.79 Å². The molecule has 19 heavy (non-hydrogen) atoms. The van der Waals surface area contributed by atoms with Crippen molar-refractivity contribution in [3.63, 3.8) is 0 Å². The van der Waals surface area contributed by atoms with Gasteiger partial charge in [0, 0.05) is 18.7 Å². The Labute approximate surface area is 113 Å². The molecule has 2 amide bonds. The number of urea groups is 1. The van der Waals surface area contributed by atoms with E-state index in [1.54, 1.807) is 7.11 Å². The van der Waals surface area contributed by atoms with E-state index in [1.165, 1.54) is 0 Å². The van der Waals surface area contributed by atoms with Crippen LogP contribution < -0.4 is 15.8 Å². The zero-order valence-electron chi connectivity index (χ0n) is 11.4. The summed E-state index contributed by atoms with van der Waals surface area (Å²) in [6, 6.07) is 7.72. The van der Waals surface area contributed by atoms with Crippen molar-refractivity contribution < 1.29 is 9.53 Å². The van der Waals surface area contributed by atoms with E-state index in [4.69, 9.17) is 10.5 Å². The van der Waals surface area contributed by atoms with Crippen molar-refractivity contribution >= 4 is 6.03 Å². The van der Waals surface area contributed by atoms with Crippen LogP contribution in [0.25, 0.3) is 0 Å². The maximum atomic E-state index is 11.9. The molecule has 5 heteroatoms. The van der Waals surface area contributed by atoms with Crippen LogP contribution in [0.1, 0.15) is 18.5 Å². The van der Waals surface area contributed by atoms with E-state index in [2.05, 4.69) is 5.32 Å². The highest BCUT2D eigenvalue weighted by Gasteiger charge is 2.31. The summed E-state index contributed by atoms with van der Waals surface area (Å²) >= 11 is 0. The van der Waals surface area contributed by atoms with Crippen molar-refractivity contribution in [3.8, 4) is 5.75 Å². The smallest absolute Gasteiger partial charge is 0.318 e. The molecule has 0 radical (unpaired) electrons. The fourth-order valence-electron chi connectivity index (χ4n) is 2.33. The fourth-order valence-corrected chi connectivity index (χ4v) is 2.33.